The second-order valence-corrected chi connectivity index (χ2v) is 7.71. The number of nitrogens with two attached hydrogens (primary N) is 2. The van der Waals surface area contributed by atoms with Gasteiger partial charge < -0.3 is 9.47 Å². The molecule has 0 radical (unpaired) electrons. The van der Waals surface area contributed by atoms with Crippen molar-refractivity contribution in [2.45, 2.75) is 40.0 Å². The number of anilines is 2. The van der Waals surface area contributed by atoms with Crippen molar-refractivity contribution < 1.29 is 18.6 Å². The van der Waals surface area contributed by atoms with Gasteiger partial charge in [0.2, 0.25) is 0 Å². The van der Waals surface area contributed by atoms with Crippen molar-refractivity contribution in [2.75, 3.05) is 37.9 Å². The minimum atomic E-state index is 0.545. The van der Waals surface area contributed by atoms with E-state index in [4.69, 9.17) is 20.9 Å². The van der Waals surface area contributed by atoms with E-state index in [1.165, 1.54) is 0 Å². The molecule has 0 spiro atoms. The highest BCUT2D eigenvalue weighted by molar-refractivity contribution is 5.74. The largest absolute Gasteiger partial charge is 0.376 e. The maximum absolute atomic E-state index is 6.36. The summed E-state index contributed by atoms with van der Waals surface area (Å²) in [6.07, 6.45) is 0. The quantitative estimate of drug-likeness (QED) is 0.277. The molecule has 4 N–H and O–H groups in total. The van der Waals surface area contributed by atoms with Gasteiger partial charge in [0, 0.05) is 0 Å². The molecule has 4 aromatic rings. The van der Waals surface area contributed by atoms with E-state index in [0.717, 1.165) is 47.1 Å². The van der Waals surface area contributed by atoms with Crippen molar-refractivity contribution in [1.82, 2.24) is 9.13 Å². The average Bonchev–Trinajstić information content (AvgIpc) is 3.25. The first kappa shape index (κ1) is 22.1. The Labute approximate surface area is 188 Å². The Balaban J connectivity index is 1.23. The summed E-state index contributed by atoms with van der Waals surface area (Å²) < 4.78 is 20.1. The van der Waals surface area contributed by atoms with E-state index < -0.39 is 0 Å². The van der Waals surface area contributed by atoms with Crippen LogP contribution in [0.2, 0.25) is 0 Å². The molecule has 2 aromatic heterocycles. The molecule has 2 aromatic carbocycles. The number of nitrogen functional groups attached to an aromatic ring is 2. The highest BCUT2D eigenvalue weighted by Gasteiger charge is 2.20. The van der Waals surface area contributed by atoms with Gasteiger partial charge in [-0.15, -0.1) is 0 Å². The van der Waals surface area contributed by atoms with Crippen LogP contribution in [0, 0.1) is 0 Å². The van der Waals surface area contributed by atoms with Crippen molar-refractivity contribution in [3.05, 3.63) is 48.5 Å². The van der Waals surface area contributed by atoms with Crippen LogP contribution in [-0.4, -0.2) is 35.6 Å². The summed E-state index contributed by atoms with van der Waals surface area (Å²) in [4.78, 5) is 0. The standard InChI is InChI=1S/C24H32N6O2/c1-3-27-19-9-5-7-11-21(19)29(23(27)25)13-15-31-17-18-32-16-14-30-22-12-8-6-10-20(22)28(4-2)24(30)26/h5-12,25-26H,3-4,13-18H2,1-2H3/p+2. The number of aryl methyl sites for hydroxylation is 2. The molecule has 0 amide bonds. The number of benzene rings is 2. The predicted molar refractivity (Wildman–Crippen MR) is 126 cm³/mol. The van der Waals surface area contributed by atoms with E-state index in [9.17, 15) is 0 Å². The van der Waals surface area contributed by atoms with Crippen molar-refractivity contribution in [3.63, 3.8) is 0 Å². The van der Waals surface area contributed by atoms with Gasteiger partial charge in [0.15, 0.2) is 0 Å². The molecule has 0 aliphatic rings. The molecule has 8 nitrogen and oxygen atoms in total. The fourth-order valence-corrected chi connectivity index (χ4v) is 4.39. The third-order valence-corrected chi connectivity index (χ3v) is 5.96. The first-order valence-electron chi connectivity index (χ1n) is 11.4. The summed E-state index contributed by atoms with van der Waals surface area (Å²) in [7, 11) is 0. The van der Waals surface area contributed by atoms with Crippen molar-refractivity contribution in [1.29, 1.82) is 0 Å². The summed E-state index contributed by atoms with van der Waals surface area (Å²) in [5.41, 5.74) is 17.3. The zero-order chi connectivity index (χ0) is 22.5. The molecule has 170 valence electrons. The van der Waals surface area contributed by atoms with Gasteiger partial charge in [0.25, 0.3) is 0 Å². The smallest absolute Gasteiger partial charge is 0.356 e. The lowest BCUT2D eigenvalue weighted by atomic mass is 10.3. The Morgan fingerprint density at radius 1 is 0.656 bits per heavy atom. The Hall–Kier alpha value is -3.10. The van der Waals surface area contributed by atoms with Crippen LogP contribution in [0.5, 0.6) is 0 Å². The number of imidazole rings is 2. The zero-order valence-corrected chi connectivity index (χ0v) is 19.0. The van der Waals surface area contributed by atoms with Gasteiger partial charge in [-0.1, -0.05) is 24.3 Å². The van der Waals surface area contributed by atoms with Crippen molar-refractivity contribution in [2.24, 2.45) is 0 Å². The molecule has 0 aliphatic heterocycles. The lowest BCUT2D eigenvalue weighted by molar-refractivity contribution is -0.660. The van der Waals surface area contributed by atoms with Gasteiger partial charge in [0.1, 0.15) is 22.1 Å². The van der Waals surface area contributed by atoms with Gasteiger partial charge in [-0.2, -0.15) is 0 Å². The summed E-state index contributed by atoms with van der Waals surface area (Å²) >= 11 is 0. The number of fused-ring (bicyclic) bond motifs is 2. The number of hydrogen-bond acceptors (Lipinski definition) is 4. The third-order valence-electron chi connectivity index (χ3n) is 5.96. The molecule has 0 bridgehead atoms. The second-order valence-electron chi connectivity index (χ2n) is 7.71. The minimum absolute atomic E-state index is 0.545. The molecule has 32 heavy (non-hydrogen) atoms. The van der Waals surface area contributed by atoms with E-state index in [1.807, 2.05) is 24.3 Å². The molecule has 8 heteroatoms. The Morgan fingerprint density at radius 3 is 1.47 bits per heavy atom. The van der Waals surface area contributed by atoms with E-state index >= 15 is 0 Å². The second kappa shape index (κ2) is 10.0. The summed E-state index contributed by atoms with van der Waals surface area (Å²) in [5, 5.41) is 0. The Morgan fingerprint density at radius 2 is 1.06 bits per heavy atom. The van der Waals surface area contributed by atoms with Gasteiger partial charge in [-0.3, -0.25) is 11.5 Å². The number of hydrogen-bond donors (Lipinski definition) is 2. The van der Waals surface area contributed by atoms with Crippen LogP contribution in [0.4, 0.5) is 11.9 Å². The van der Waals surface area contributed by atoms with Crippen LogP contribution in [-0.2, 0) is 35.7 Å². The maximum atomic E-state index is 6.36. The number of ether oxygens (including phenoxy) is 2. The zero-order valence-electron chi connectivity index (χ0n) is 19.0. The van der Waals surface area contributed by atoms with Crippen LogP contribution in [0.15, 0.2) is 48.5 Å². The maximum Gasteiger partial charge on any atom is 0.356 e. The third kappa shape index (κ3) is 4.16. The van der Waals surface area contributed by atoms with Crippen LogP contribution in [0.3, 0.4) is 0 Å². The van der Waals surface area contributed by atoms with E-state index in [1.54, 1.807) is 0 Å². The molecule has 0 saturated heterocycles. The lowest BCUT2D eigenvalue weighted by Crippen LogP contribution is -2.39. The first-order chi connectivity index (χ1) is 15.7. The monoisotopic (exact) mass is 438 g/mol. The highest BCUT2D eigenvalue weighted by Crippen LogP contribution is 2.16. The van der Waals surface area contributed by atoms with Gasteiger partial charge in [-0.25, -0.2) is 18.3 Å². The minimum Gasteiger partial charge on any atom is -0.376 e. The molecule has 2 heterocycles. The molecule has 0 unspecified atom stereocenters. The lowest BCUT2D eigenvalue weighted by Gasteiger charge is -2.06. The van der Waals surface area contributed by atoms with Crippen LogP contribution in [0.25, 0.3) is 22.1 Å². The first-order valence-corrected chi connectivity index (χ1v) is 11.4. The number of nitrogens with zero attached hydrogens (tertiary/aromatic N) is 4. The fourth-order valence-electron chi connectivity index (χ4n) is 4.39. The molecular weight excluding hydrogens is 404 g/mol. The Kier molecular flexibility index (Phi) is 6.92. The van der Waals surface area contributed by atoms with Gasteiger partial charge in [-0.05, 0) is 38.1 Å². The van der Waals surface area contributed by atoms with Crippen molar-refractivity contribution in [3.8, 4) is 0 Å². The summed E-state index contributed by atoms with van der Waals surface area (Å²) in [6.45, 7) is 9.57. The van der Waals surface area contributed by atoms with Crippen LogP contribution < -0.4 is 20.6 Å². The number of para-hydroxylation sites is 4. The summed E-state index contributed by atoms with van der Waals surface area (Å²) in [6, 6.07) is 16.5. The van der Waals surface area contributed by atoms with Crippen LogP contribution in [0.1, 0.15) is 13.8 Å². The van der Waals surface area contributed by atoms with Gasteiger partial charge in [0.05, 0.1) is 52.6 Å². The molecule has 0 aliphatic carbocycles. The Bertz CT molecular complexity index is 1100. The van der Waals surface area contributed by atoms with E-state index in [-0.39, 0.29) is 0 Å². The van der Waals surface area contributed by atoms with E-state index in [2.05, 4.69) is 56.4 Å². The molecule has 4 rings (SSSR count). The van der Waals surface area contributed by atoms with E-state index in [0.29, 0.717) is 39.5 Å². The predicted octanol–water partition coefficient (Wildman–Crippen LogP) is 2.11. The number of rotatable bonds is 11. The molecule has 0 saturated carbocycles. The topological polar surface area (TPSA) is 88.1 Å². The SMILES string of the molecule is CCn1c(N)[n+](CCOCCOCC[n+]2c(N)n(CC)c3ccccc32)c2ccccc21. The van der Waals surface area contributed by atoms with Crippen molar-refractivity contribution >= 4 is 34.0 Å². The van der Waals surface area contributed by atoms with Gasteiger partial charge >= 0.3 is 11.9 Å². The molecule has 0 atom stereocenters. The molecule has 0 fully saturated rings. The highest BCUT2D eigenvalue weighted by atomic mass is 16.5. The average molecular weight is 439 g/mol. The van der Waals surface area contributed by atoms with Crippen LogP contribution >= 0.6 is 0 Å². The number of aromatic nitrogens is 4. The molecular formula is C24H34N6O2+2. The normalized spacial score (nSPS) is 11.7. The summed E-state index contributed by atoms with van der Waals surface area (Å²) in [5.74, 6) is 1.52. The fraction of sp³-hybridized carbons (Fsp3) is 0.417.